The van der Waals surface area contributed by atoms with Crippen LogP contribution in [0.3, 0.4) is 0 Å². The second-order valence-corrected chi connectivity index (χ2v) is 5.31. The summed E-state index contributed by atoms with van der Waals surface area (Å²) in [6.07, 6.45) is -1.04. The number of ketones is 1. The number of aryl methyl sites for hydroxylation is 1. The van der Waals surface area contributed by atoms with E-state index in [1.165, 1.54) is 19.1 Å². The van der Waals surface area contributed by atoms with Gasteiger partial charge in [0.05, 0.1) is 10.5 Å². The van der Waals surface area contributed by atoms with Crippen LogP contribution < -0.4 is 5.73 Å². The summed E-state index contributed by atoms with van der Waals surface area (Å²) in [6.45, 7) is 3.33. The first-order valence-electron chi connectivity index (χ1n) is 7.15. The number of esters is 1. The fraction of sp³-hybridized carbons (Fsp3) is 0.176. The first-order chi connectivity index (χ1) is 11.3. The number of carbonyl (C=O) groups is 2. The summed E-state index contributed by atoms with van der Waals surface area (Å²) in [7, 11) is 0. The Bertz CT molecular complexity index is 799. The van der Waals surface area contributed by atoms with Gasteiger partial charge in [0.15, 0.2) is 6.10 Å². The Hall–Kier alpha value is -3.22. The first-order valence-corrected chi connectivity index (χ1v) is 7.15. The third kappa shape index (κ3) is 3.75. The molecule has 0 saturated heterocycles. The summed E-state index contributed by atoms with van der Waals surface area (Å²) in [5.41, 5.74) is 6.69. The van der Waals surface area contributed by atoms with E-state index in [0.717, 1.165) is 11.6 Å². The number of carbonyl (C=O) groups excluding carboxylic acids is 2. The zero-order valence-corrected chi connectivity index (χ0v) is 13.2. The van der Waals surface area contributed by atoms with Gasteiger partial charge in [-0.15, -0.1) is 0 Å². The summed E-state index contributed by atoms with van der Waals surface area (Å²) in [5.74, 6) is -1.25. The fourth-order valence-electron chi connectivity index (χ4n) is 2.06. The second kappa shape index (κ2) is 6.91. The second-order valence-electron chi connectivity index (χ2n) is 5.31. The zero-order valence-electron chi connectivity index (χ0n) is 13.2. The van der Waals surface area contributed by atoms with Crippen LogP contribution in [0.15, 0.2) is 42.5 Å². The molecule has 2 aromatic carbocycles. The number of nitrogens with zero attached hydrogens (tertiary/aromatic N) is 1. The van der Waals surface area contributed by atoms with E-state index in [2.05, 4.69) is 0 Å². The van der Waals surface area contributed by atoms with Crippen molar-refractivity contribution >= 4 is 23.1 Å². The van der Waals surface area contributed by atoms with E-state index in [4.69, 9.17) is 10.5 Å². The quantitative estimate of drug-likeness (QED) is 0.297. The number of benzene rings is 2. The highest BCUT2D eigenvalue weighted by molar-refractivity contribution is 6.02. The number of rotatable bonds is 5. The van der Waals surface area contributed by atoms with Gasteiger partial charge in [0.2, 0.25) is 5.78 Å². The highest BCUT2D eigenvalue weighted by Crippen LogP contribution is 2.21. The molecule has 7 heteroatoms. The Morgan fingerprint density at radius 3 is 2.38 bits per heavy atom. The number of Topliss-reactive ketones (excluding diaryl/α,β-unsaturated/α-hetero) is 1. The maximum atomic E-state index is 12.3. The van der Waals surface area contributed by atoms with Gasteiger partial charge in [-0.2, -0.15) is 0 Å². The number of hydrogen-bond donors (Lipinski definition) is 1. The molecule has 1 atom stereocenters. The summed E-state index contributed by atoms with van der Waals surface area (Å²) in [4.78, 5) is 34.6. The van der Waals surface area contributed by atoms with Crippen LogP contribution in [0.5, 0.6) is 0 Å². The summed E-state index contributed by atoms with van der Waals surface area (Å²) in [6, 6.07) is 10.3. The largest absolute Gasteiger partial charge is 0.451 e. The van der Waals surface area contributed by atoms with Crippen LogP contribution in [0.25, 0.3) is 0 Å². The van der Waals surface area contributed by atoms with Crippen molar-refractivity contribution in [2.75, 3.05) is 5.73 Å². The molecule has 2 aromatic rings. The van der Waals surface area contributed by atoms with Gasteiger partial charge in [0.25, 0.3) is 5.69 Å². The predicted molar refractivity (Wildman–Crippen MR) is 87.9 cm³/mol. The molecule has 0 heterocycles. The van der Waals surface area contributed by atoms with Crippen LogP contribution in [0.4, 0.5) is 11.4 Å². The SMILES string of the molecule is Cc1ccc(C(=O)[C@@H](C)OC(=O)c2cc([N+](=O)[O-])ccc2N)cc1. The van der Waals surface area contributed by atoms with E-state index in [1.54, 1.807) is 24.3 Å². The van der Waals surface area contributed by atoms with Crippen molar-refractivity contribution in [2.45, 2.75) is 20.0 Å². The molecule has 0 unspecified atom stereocenters. The van der Waals surface area contributed by atoms with Crippen LogP contribution in [0.2, 0.25) is 0 Å². The number of hydrogen-bond acceptors (Lipinski definition) is 6. The molecule has 2 rings (SSSR count). The van der Waals surface area contributed by atoms with Gasteiger partial charge in [0, 0.05) is 23.4 Å². The van der Waals surface area contributed by atoms with Crippen LogP contribution in [-0.4, -0.2) is 22.8 Å². The average Bonchev–Trinajstić information content (AvgIpc) is 2.54. The Labute approximate surface area is 138 Å². The molecule has 0 fully saturated rings. The molecular formula is C17H16N2O5. The molecular weight excluding hydrogens is 312 g/mol. The van der Waals surface area contributed by atoms with E-state index in [-0.39, 0.29) is 22.7 Å². The summed E-state index contributed by atoms with van der Waals surface area (Å²) < 4.78 is 5.11. The standard InChI is InChI=1S/C17H16N2O5/c1-10-3-5-12(6-4-10)16(20)11(2)24-17(21)14-9-13(19(22)23)7-8-15(14)18/h3-9,11H,18H2,1-2H3/t11-/m1/s1. The van der Waals surface area contributed by atoms with Crippen molar-refractivity contribution in [3.05, 3.63) is 69.3 Å². The number of non-ortho nitro benzene ring substituents is 1. The van der Waals surface area contributed by atoms with Crippen molar-refractivity contribution in [2.24, 2.45) is 0 Å². The van der Waals surface area contributed by atoms with E-state index in [1.807, 2.05) is 6.92 Å². The zero-order chi connectivity index (χ0) is 17.9. The van der Waals surface area contributed by atoms with Gasteiger partial charge in [-0.3, -0.25) is 14.9 Å². The minimum atomic E-state index is -1.04. The van der Waals surface area contributed by atoms with Crippen molar-refractivity contribution in [1.82, 2.24) is 0 Å². The monoisotopic (exact) mass is 328 g/mol. The fourth-order valence-corrected chi connectivity index (χ4v) is 2.06. The normalized spacial score (nSPS) is 11.6. The maximum Gasteiger partial charge on any atom is 0.341 e. The molecule has 0 aromatic heterocycles. The smallest absolute Gasteiger partial charge is 0.341 e. The Balaban J connectivity index is 2.17. The molecule has 24 heavy (non-hydrogen) atoms. The van der Waals surface area contributed by atoms with Gasteiger partial charge < -0.3 is 10.5 Å². The minimum absolute atomic E-state index is 0.0422. The highest BCUT2D eigenvalue weighted by atomic mass is 16.6. The van der Waals surface area contributed by atoms with Crippen LogP contribution >= 0.6 is 0 Å². The molecule has 0 radical (unpaired) electrons. The number of nitrogens with two attached hydrogens (primary N) is 1. The molecule has 0 bridgehead atoms. The molecule has 124 valence electrons. The Morgan fingerprint density at radius 2 is 1.79 bits per heavy atom. The Morgan fingerprint density at radius 1 is 1.17 bits per heavy atom. The van der Waals surface area contributed by atoms with Crippen LogP contribution in [0, 0.1) is 17.0 Å². The van der Waals surface area contributed by atoms with Gasteiger partial charge >= 0.3 is 5.97 Å². The lowest BCUT2D eigenvalue weighted by atomic mass is 10.1. The minimum Gasteiger partial charge on any atom is -0.451 e. The van der Waals surface area contributed by atoms with E-state index >= 15 is 0 Å². The van der Waals surface area contributed by atoms with E-state index in [0.29, 0.717) is 5.56 Å². The van der Waals surface area contributed by atoms with Gasteiger partial charge in [-0.25, -0.2) is 4.79 Å². The molecule has 2 N–H and O–H groups in total. The van der Waals surface area contributed by atoms with Crippen molar-refractivity contribution < 1.29 is 19.2 Å². The van der Waals surface area contributed by atoms with Crippen molar-refractivity contribution in [3.63, 3.8) is 0 Å². The topological polar surface area (TPSA) is 113 Å². The van der Waals surface area contributed by atoms with Crippen molar-refractivity contribution in [1.29, 1.82) is 0 Å². The molecule has 0 aliphatic carbocycles. The lowest BCUT2D eigenvalue weighted by molar-refractivity contribution is -0.384. The molecule has 0 aliphatic heterocycles. The molecule has 0 saturated carbocycles. The number of anilines is 1. The molecule has 7 nitrogen and oxygen atoms in total. The number of nitro benzene ring substituents is 1. The lowest BCUT2D eigenvalue weighted by Gasteiger charge is -2.13. The lowest BCUT2D eigenvalue weighted by Crippen LogP contribution is -2.25. The molecule has 0 amide bonds. The number of nitrogen functional groups attached to an aromatic ring is 1. The van der Waals surface area contributed by atoms with Gasteiger partial charge in [0.1, 0.15) is 0 Å². The third-order valence-corrected chi connectivity index (χ3v) is 3.46. The third-order valence-electron chi connectivity index (χ3n) is 3.46. The molecule has 0 spiro atoms. The predicted octanol–water partition coefficient (Wildman–Crippen LogP) is 2.91. The van der Waals surface area contributed by atoms with E-state index < -0.39 is 17.0 Å². The van der Waals surface area contributed by atoms with Gasteiger partial charge in [-0.05, 0) is 19.9 Å². The van der Waals surface area contributed by atoms with E-state index in [9.17, 15) is 19.7 Å². The highest BCUT2D eigenvalue weighted by Gasteiger charge is 2.23. The van der Waals surface area contributed by atoms with Crippen LogP contribution in [0.1, 0.15) is 33.2 Å². The number of nitro groups is 1. The Kier molecular flexibility index (Phi) is 4.93. The van der Waals surface area contributed by atoms with Gasteiger partial charge in [-0.1, -0.05) is 29.8 Å². The summed E-state index contributed by atoms with van der Waals surface area (Å²) in [5, 5.41) is 10.8. The van der Waals surface area contributed by atoms with Crippen LogP contribution in [-0.2, 0) is 4.74 Å². The maximum absolute atomic E-state index is 12.3. The summed E-state index contributed by atoms with van der Waals surface area (Å²) >= 11 is 0. The van der Waals surface area contributed by atoms with Crippen molar-refractivity contribution in [3.8, 4) is 0 Å². The average molecular weight is 328 g/mol. The first kappa shape index (κ1) is 17.1. The molecule has 0 aliphatic rings. The number of ether oxygens (including phenoxy) is 1.